The number of benzene rings is 1. The summed E-state index contributed by atoms with van der Waals surface area (Å²) in [7, 11) is 2.01. The van der Waals surface area contributed by atoms with Crippen LogP contribution >= 0.6 is 0 Å². The van der Waals surface area contributed by atoms with Gasteiger partial charge in [-0.2, -0.15) is 0 Å². The van der Waals surface area contributed by atoms with Crippen molar-refractivity contribution in [3.05, 3.63) is 30.1 Å². The van der Waals surface area contributed by atoms with E-state index in [4.69, 9.17) is 10.5 Å². The molecule has 1 aliphatic heterocycles. The number of anilines is 1. The lowest BCUT2D eigenvalue weighted by Crippen LogP contribution is -2.46. The summed E-state index contributed by atoms with van der Waals surface area (Å²) in [5, 5.41) is 0. The molecule has 4 heteroatoms. The summed E-state index contributed by atoms with van der Waals surface area (Å²) >= 11 is 0. The summed E-state index contributed by atoms with van der Waals surface area (Å²) in [6.45, 7) is 3.02. The van der Waals surface area contributed by atoms with Crippen molar-refractivity contribution in [2.24, 2.45) is 11.1 Å². The number of ether oxygens (including phenoxy) is 1. The maximum atomic E-state index is 12.9. The molecule has 2 rings (SSSR count). The van der Waals surface area contributed by atoms with Crippen molar-refractivity contribution in [2.75, 3.05) is 38.3 Å². The molecule has 0 saturated carbocycles. The van der Waals surface area contributed by atoms with Crippen molar-refractivity contribution < 1.29 is 9.13 Å². The minimum Gasteiger partial charge on any atom is -0.381 e. The zero-order valence-corrected chi connectivity index (χ0v) is 10.9. The molecular weight excluding hydrogens is 231 g/mol. The van der Waals surface area contributed by atoms with Crippen LogP contribution < -0.4 is 10.6 Å². The molecule has 0 radical (unpaired) electrons. The Balaban J connectivity index is 2.04. The van der Waals surface area contributed by atoms with Gasteiger partial charge in [0.25, 0.3) is 0 Å². The zero-order valence-electron chi connectivity index (χ0n) is 10.9. The molecule has 0 aliphatic carbocycles. The van der Waals surface area contributed by atoms with Gasteiger partial charge in [-0.1, -0.05) is 0 Å². The van der Waals surface area contributed by atoms with Crippen LogP contribution in [0.15, 0.2) is 24.3 Å². The van der Waals surface area contributed by atoms with E-state index in [1.54, 1.807) is 12.1 Å². The molecule has 1 aromatic rings. The lowest BCUT2D eigenvalue weighted by atomic mass is 9.82. The van der Waals surface area contributed by atoms with Crippen LogP contribution in [0.2, 0.25) is 0 Å². The Morgan fingerprint density at radius 1 is 1.39 bits per heavy atom. The predicted octanol–water partition coefficient (Wildman–Crippen LogP) is 2.02. The second-order valence-electron chi connectivity index (χ2n) is 5.19. The van der Waals surface area contributed by atoms with Gasteiger partial charge in [0.15, 0.2) is 0 Å². The maximum Gasteiger partial charge on any atom is 0.123 e. The van der Waals surface area contributed by atoms with Gasteiger partial charge in [-0.3, -0.25) is 0 Å². The van der Waals surface area contributed by atoms with Gasteiger partial charge in [-0.05, 0) is 37.1 Å². The van der Waals surface area contributed by atoms with Crippen molar-refractivity contribution in [2.45, 2.75) is 12.8 Å². The van der Waals surface area contributed by atoms with Crippen molar-refractivity contribution >= 4 is 5.69 Å². The Bertz CT molecular complexity index is 374. The minimum absolute atomic E-state index is 0.0292. The van der Waals surface area contributed by atoms with E-state index in [2.05, 4.69) is 4.90 Å². The van der Waals surface area contributed by atoms with Crippen molar-refractivity contribution in [3.63, 3.8) is 0 Å². The van der Waals surface area contributed by atoms with Crippen LogP contribution in [0.4, 0.5) is 10.1 Å². The number of hydrogen-bond acceptors (Lipinski definition) is 3. The zero-order chi connectivity index (χ0) is 13.0. The molecule has 1 unspecified atom stereocenters. The smallest absolute Gasteiger partial charge is 0.123 e. The van der Waals surface area contributed by atoms with E-state index >= 15 is 0 Å². The van der Waals surface area contributed by atoms with Gasteiger partial charge in [-0.25, -0.2) is 4.39 Å². The topological polar surface area (TPSA) is 38.5 Å². The Labute approximate surface area is 108 Å². The molecule has 1 heterocycles. The first kappa shape index (κ1) is 13.3. The molecule has 0 spiro atoms. The molecule has 1 saturated heterocycles. The summed E-state index contributed by atoms with van der Waals surface area (Å²) in [6.07, 6.45) is 2.16. The van der Waals surface area contributed by atoms with Crippen molar-refractivity contribution in [1.29, 1.82) is 0 Å². The molecule has 18 heavy (non-hydrogen) atoms. The molecule has 2 N–H and O–H groups in total. The second-order valence-corrected chi connectivity index (χ2v) is 5.19. The van der Waals surface area contributed by atoms with Gasteiger partial charge in [0, 0.05) is 37.8 Å². The first-order chi connectivity index (χ1) is 8.65. The number of nitrogens with two attached hydrogens (primary N) is 1. The van der Waals surface area contributed by atoms with E-state index in [1.165, 1.54) is 12.1 Å². The van der Waals surface area contributed by atoms with Crippen LogP contribution in [0.1, 0.15) is 12.8 Å². The van der Waals surface area contributed by atoms with E-state index < -0.39 is 0 Å². The van der Waals surface area contributed by atoms with Crippen LogP contribution in [0, 0.1) is 11.2 Å². The highest BCUT2D eigenvalue weighted by Crippen LogP contribution is 2.29. The molecular formula is C14H21FN2O. The van der Waals surface area contributed by atoms with Crippen LogP contribution in [0.5, 0.6) is 0 Å². The van der Waals surface area contributed by atoms with Crippen LogP contribution in [0.3, 0.4) is 0 Å². The summed E-state index contributed by atoms with van der Waals surface area (Å²) in [5.41, 5.74) is 6.96. The largest absolute Gasteiger partial charge is 0.381 e. The number of nitrogens with zero attached hydrogens (tertiary/aromatic N) is 1. The molecule has 1 aromatic carbocycles. The van der Waals surface area contributed by atoms with Crippen molar-refractivity contribution in [1.82, 2.24) is 0 Å². The summed E-state index contributed by atoms with van der Waals surface area (Å²) < 4.78 is 18.5. The molecule has 0 aromatic heterocycles. The van der Waals surface area contributed by atoms with Gasteiger partial charge in [0.1, 0.15) is 5.82 Å². The molecule has 1 aliphatic rings. The average Bonchev–Trinajstić information content (AvgIpc) is 2.40. The van der Waals surface area contributed by atoms with E-state index in [-0.39, 0.29) is 11.2 Å². The SMILES string of the molecule is CN(CC1(CN)CCCOC1)c1ccc(F)cc1. The third-order valence-corrected chi connectivity index (χ3v) is 3.68. The van der Waals surface area contributed by atoms with Gasteiger partial charge >= 0.3 is 0 Å². The minimum atomic E-state index is -0.207. The first-order valence-electron chi connectivity index (χ1n) is 6.40. The first-order valence-corrected chi connectivity index (χ1v) is 6.40. The van der Waals surface area contributed by atoms with E-state index in [0.29, 0.717) is 6.54 Å². The molecule has 1 atom stereocenters. The average molecular weight is 252 g/mol. The highest BCUT2D eigenvalue weighted by Gasteiger charge is 2.32. The molecule has 1 fully saturated rings. The van der Waals surface area contributed by atoms with Gasteiger partial charge in [-0.15, -0.1) is 0 Å². The Morgan fingerprint density at radius 2 is 2.11 bits per heavy atom. The summed E-state index contributed by atoms with van der Waals surface area (Å²) in [6, 6.07) is 6.56. The van der Waals surface area contributed by atoms with E-state index in [9.17, 15) is 4.39 Å². The normalized spacial score (nSPS) is 23.9. The lowest BCUT2D eigenvalue weighted by Gasteiger charge is -2.39. The maximum absolute atomic E-state index is 12.9. The quantitative estimate of drug-likeness (QED) is 0.891. The van der Waals surface area contributed by atoms with Gasteiger partial charge in [0.05, 0.1) is 6.61 Å². The molecule has 0 bridgehead atoms. The summed E-state index contributed by atoms with van der Waals surface area (Å²) in [4.78, 5) is 2.13. The monoisotopic (exact) mass is 252 g/mol. The fourth-order valence-corrected chi connectivity index (χ4v) is 2.55. The highest BCUT2D eigenvalue weighted by atomic mass is 19.1. The molecule has 100 valence electrons. The van der Waals surface area contributed by atoms with Gasteiger partial charge < -0.3 is 15.4 Å². The number of rotatable bonds is 4. The van der Waals surface area contributed by atoms with Crippen LogP contribution in [-0.4, -0.2) is 33.4 Å². The molecule has 0 amide bonds. The Morgan fingerprint density at radius 3 is 2.67 bits per heavy atom. The third kappa shape index (κ3) is 3.00. The van der Waals surface area contributed by atoms with Crippen LogP contribution in [0.25, 0.3) is 0 Å². The molecule has 3 nitrogen and oxygen atoms in total. The van der Waals surface area contributed by atoms with Gasteiger partial charge in [0.2, 0.25) is 0 Å². The van der Waals surface area contributed by atoms with Crippen molar-refractivity contribution in [3.8, 4) is 0 Å². The van der Waals surface area contributed by atoms with E-state index in [0.717, 1.165) is 38.3 Å². The number of hydrogen-bond donors (Lipinski definition) is 1. The van der Waals surface area contributed by atoms with E-state index in [1.807, 2.05) is 7.05 Å². The fraction of sp³-hybridized carbons (Fsp3) is 0.571. The standard InChI is InChI=1S/C14H21FN2O/c1-17(13-5-3-12(15)4-6-13)10-14(9-16)7-2-8-18-11-14/h3-6H,2,7-11,16H2,1H3. The Kier molecular flexibility index (Phi) is 4.19. The highest BCUT2D eigenvalue weighted by molar-refractivity contribution is 5.45. The predicted molar refractivity (Wildman–Crippen MR) is 71.2 cm³/mol. The summed E-state index contributed by atoms with van der Waals surface area (Å²) in [5.74, 6) is -0.207. The second kappa shape index (κ2) is 5.67. The number of halogens is 1. The fourth-order valence-electron chi connectivity index (χ4n) is 2.55. The lowest BCUT2D eigenvalue weighted by molar-refractivity contribution is 0.00170. The third-order valence-electron chi connectivity index (χ3n) is 3.68. The Hall–Kier alpha value is -1.13. The van der Waals surface area contributed by atoms with Crippen LogP contribution in [-0.2, 0) is 4.74 Å².